The minimum Gasteiger partial charge on any atom is -0.468 e. The van der Waals surface area contributed by atoms with Crippen LogP contribution < -0.4 is 5.32 Å². The van der Waals surface area contributed by atoms with Gasteiger partial charge in [-0.15, -0.1) is 0 Å². The molecule has 2 aromatic rings. The van der Waals surface area contributed by atoms with Crippen molar-refractivity contribution >= 4 is 23.2 Å². The second-order valence-corrected chi connectivity index (χ2v) is 5.39. The molecule has 1 heterocycles. The fourth-order valence-electron chi connectivity index (χ4n) is 2.17. The Kier molecular flexibility index (Phi) is 5.49. The number of halogens is 2. The maximum atomic E-state index is 9.53. The average molecular weight is 314 g/mol. The third-order valence-electron chi connectivity index (χ3n) is 3.22. The van der Waals surface area contributed by atoms with Gasteiger partial charge in [0.1, 0.15) is 5.76 Å². The number of aliphatic hydroxyl groups excluding tert-OH is 1. The molecule has 1 aromatic heterocycles. The molecular formula is C15H17Cl2NO2. The highest BCUT2D eigenvalue weighted by atomic mass is 35.5. The highest BCUT2D eigenvalue weighted by Gasteiger charge is 2.20. The van der Waals surface area contributed by atoms with E-state index in [9.17, 15) is 5.11 Å². The van der Waals surface area contributed by atoms with Crippen LogP contribution >= 0.6 is 23.2 Å². The molecule has 0 amide bonds. The molecule has 0 fully saturated rings. The second-order valence-electron chi connectivity index (χ2n) is 4.54. The molecule has 20 heavy (non-hydrogen) atoms. The largest absolute Gasteiger partial charge is 0.468 e. The molecule has 0 saturated carbocycles. The molecule has 0 bridgehead atoms. The van der Waals surface area contributed by atoms with E-state index in [0.717, 1.165) is 12.0 Å². The summed E-state index contributed by atoms with van der Waals surface area (Å²) in [5, 5.41) is 14.1. The Morgan fingerprint density at radius 1 is 1.25 bits per heavy atom. The number of furan rings is 1. The minimum absolute atomic E-state index is 0.0158. The first-order valence-corrected chi connectivity index (χ1v) is 7.26. The molecule has 2 rings (SSSR count). The van der Waals surface area contributed by atoms with Crippen molar-refractivity contribution < 1.29 is 9.52 Å². The zero-order chi connectivity index (χ0) is 14.5. The summed E-state index contributed by atoms with van der Waals surface area (Å²) in [6, 6.07) is 8.84. The monoisotopic (exact) mass is 313 g/mol. The van der Waals surface area contributed by atoms with E-state index in [1.54, 1.807) is 18.4 Å². The molecule has 0 aliphatic heterocycles. The molecule has 0 aliphatic carbocycles. The smallest absolute Gasteiger partial charge is 0.123 e. The van der Waals surface area contributed by atoms with E-state index in [2.05, 4.69) is 12.2 Å². The summed E-state index contributed by atoms with van der Waals surface area (Å²) in [6.45, 7) is 2.01. The zero-order valence-corrected chi connectivity index (χ0v) is 12.7. The number of aliphatic hydroxyl groups is 1. The van der Waals surface area contributed by atoms with Crippen molar-refractivity contribution in [3.8, 4) is 0 Å². The number of hydrogen-bond donors (Lipinski definition) is 2. The number of rotatable bonds is 6. The maximum absolute atomic E-state index is 9.53. The van der Waals surface area contributed by atoms with Crippen molar-refractivity contribution in [2.75, 3.05) is 6.61 Å². The predicted molar refractivity (Wildman–Crippen MR) is 81.2 cm³/mol. The molecule has 2 unspecified atom stereocenters. The molecule has 3 nitrogen and oxygen atoms in total. The molecule has 1 aromatic carbocycles. The lowest BCUT2D eigenvalue weighted by molar-refractivity contribution is 0.213. The Balaban J connectivity index is 2.19. The highest BCUT2D eigenvalue weighted by molar-refractivity contribution is 6.35. The van der Waals surface area contributed by atoms with Crippen LogP contribution in [0.2, 0.25) is 10.0 Å². The Labute approximate surface area is 128 Å². The summed E-state index contributed by atoms with van der Waals surface area (Å²) >= 11 is 12.2. The SMILES string of the molecule is CCC(NC(CO)c1ccco1)c1ccc(Cl)cc1Cl. The summed E-state index contributed by atoms with van der Waals surface area (Å²) in [4.78, 5) is 0. The van der Waals surface area contributed by atoms with Gasteiger partial charge >= 0.3 is 0 Å². The standard InChI is InChI=1S/C15H17Cl2NO2/c1-2-13(11-6-5-10(16)8-12(11)17)18-14(9-19)15-4-3-7-20-15/h3-8,13-14,18-19H,2,9H2,1H3. The lowest BCUT2D eigenvalue weighted by Gasteiger charge is -2.23. The van der Waals surface area contributed by atoms with E-state index in [1.807, 2.05) is 18.2 Å². The van der Waals surface area contributed by atoms with Gasteiger partial charge < -0.3 is 9.52 Å². The third kappa shape index (κ3) is 3.55. The first kappa shape index (κ1) is 15.4. The van der Waals surface area contributed by atoms with Crippen LogP contribution in [-0.2, 0) is 0 Å². The first-order chi connectivity index (χ1) is 9.65. The third-order valence-corrected chi connectivity index (χ3v) is 3.78. The van der Waals surface area contributed by atoms with Gasteiger partial charge in [-0.25, -0.2) is 0 Å². The number of hydrogen-bond acceptors (Lipinski definition) is 3. The first-order valence-electron chi connectivity index (χ1n) is 6.51. The van der Waals surface area contributed by atoms with Gasteiger partial charge in [-0.2, -0.15) is 0 Å². The van der Waals surface area contributed by atoms with Gasteiger partial charge in [0, 0.05) is 16.1 Å². The topological polar surface area (TPSA) is 45.4 Å². The van der Waals surface area contributed by atoms with Gasteiger partial charge in [0.2, 0.25) is 0 Å². The van der Waals surface area contributed by atoms with E-state index in [-0.39, 0.29) is 18.7 Å². The van der Waals surface area contributed by atoms with Crippen LogP contribution in [-0.4, -0.2) is 11.7 Å². The van der Waals surface area contributed by atoms with E-state index in [0.29, 0.717) is 15.8 Å². The maximum Gasteiger partial charge on any atom is 0.123 e. The van der Waals surface area contributed by atoms with Gasteiger partial charge in [-0.05, 0) is 36.2 Å². The van der Waals surface area contributed by atoms with Crippen LogP contribution in [0.15, 0.2) is 41.0 Å². The normalized spacial score (nSPS) is 14.2. The molecule has 2 atom stereocenters. The molecular weight excluding hydrogens is 297 g/mol. The average Bonchev–Trinajstić information content (AvgIpc) is 2.95. The van der Waals surface area contributed by atoms with Crippen LogP contribution in [0.4, 0.5) is 0 Å². The van der Waals surface area contributed by atoms with Gasteiger partial charge in [0.05, 0.1) is 18.9 Å². The van der Waals surface area contributed by atoms with Crippen molar-refractivity contribution in [3.63, 3.8) is 0 Å². The molecule has 2 N–H and O–H groups in total. The van der Waals surface area contributed by atoms with Gasteiger partial charge in [-0.1, -0.05) is 36.2 Å². The summed E-state index contributed by atoms with van der Waals surface area (Å²) in [5.74, 6) is 0.705. The van der Waals surface area contributed by atoms with E-state index in [1.165, 1.54) is 0 Å². The summed E-state index contributed by atoms with van der Waals surface area (Å²) in [6.07, 6.45) is 2.43. The molecule has 0 saturated heterocycles. The van der Waals surface area contributed by atoms with Crippen molar-refractivity contribution in [1.82, 2.24) is 5.32 Å². The van der Waals surface area contributed by atoms with Crippen molar-refractivity contribution in [2.24, 2.45) is 0 Å². The second kappa shape index (κ2) is 7.14. The van der Waals surface area contributed by atoms with Crippen molar-refractivity contribution in [1.29, 1.82) is 0 Å². The zero-order valence-electron chi connectivity index (χ0n) is 11.1. The van der Waals surface area contributed by atoms with E-state index >= 15 is 0 Å². The number of benzene rings is 1. The van der Waals surface area contributed by atoms with Crippen LogP contribution in [0.5, 0.6) is 0 Å². The minimum atomic E-state index is -0.262. The van der Waals surface area contributed by atoms with Crippen LogP contribution in [0.25, 0.3) is 0 Å². The Hall–Kier alpha value is -1.000. The van der Waals surface area contributed by atoms with Gasteiger partial charge in [-0.3, -0.25) is 5.32 Å². The fourth-order valence-corrected chi connectivity index (χ4v) is 2.71. The Morgan fingerprint density at radius 2 is 2.05 bits per heavy atom. The Morgan fingerprint density at radius 3 is 2.60 bits per heavy atom. The van der Waals surface area contributed by atoms with Gasteiger partial charge in [0.25, 0.3) is 0 Å². The summed E-state index contributed by atoms with van der Waals surface area (Å²) < 4.78 is 5.34. The van der Waals surface area contributed by atoms with Crippen LogP contribution in [0.1, 0.15) is 36.8 Å². The molecule has 5 heteroatoms. The lowest BCUT2D eigenvalue weighted by Crippen LogP contribution is -2.28. The highest BCUT2D eigenvalue weighted by Crippen LogP contribution is 2.30. The summed E-state index contributed by atoms with van der Waals surface area (Å²) in [5.41, 5.74) is 0.962. The van der Waals surface area contributed by atoms with Crippen LogP contribution in [0.3, 0.4) is 0 Å². The Bertz CT molecular complexity index is 543. The molecule has 108 valence electrons. The summed E-state index contributed by atoms with van der Waals surface area (Å²) in [7, 11) is 0. The molecule has 0 aliphatic rings. The lowest BCUT2D eigenvalue weighted by atomic mass is 10.0. The van der Waals surface area contributed by atoms with Crippen LogP contribution in [0, 0.1) is 0 Å². The van der Waals surface area contributed by atoms with Crippen molar-refractivity contribution in [3.05, 3.63) is 58.0 Å². The fraction of sp³-hybridized carbons (Fsp3) is 0.333. The molecule has 0 spiro atoms. The predicted octanol–water partition coefficient (Wildman–Crippen LogP) is 4.36. The number of nitrogens with one attached hydrogen (secondary N) is 1. The van der Waals surface area contributed by atoms with Gasteiger partial charge in [0.15, 0.2) is 0 Å². The van der Waals surface area contributed by atoms with Crippen molar-refractivity contribution in [2.45, 2.75) is 25.4 Å². The van der Waals surface area contributed by atoms with E-state index < -0.39 is 0 Å². The van der Waals surface area contributed by atoms with E-state index in [4.69, 9.17) is 27.6 Å². The molecule has 0 radical (unpaired) electrons. The quantitative estimate of drug-likeness (QED) is 0.832.